The van der Waals surface area contributed by atoms with Crippen LogP contribution in [0.1, 0.15) is 5.56 Å². The summed E-state index contributed by atoms with van der Waals surface area (Å²) in [5.74, 6) is 0.582. The summed E-state index contributed by atoms with van der Waals surface area (Å²) >= 11 is 15.5. The molecule has 0 aliphatic heterocycles. The van der Waals surface area contributed by atoms with E-state index in [0.29, 0.717) is 32.3 Å². The molecule has 0 saturated carbocycles. The van der Waals surface area contributed by atoms with Crippen molar-refractivity contribution in [3.63, 3.8) is 0 Å². The van der Waals surface area contributed by atoms with Crippen LogP contribution in [0.2, 0.25) is 10.0 Å². The van der Waals surface area contributed by atoms with Crippen LogP contribution in [-0.4, -0.2) is 0 Å². The van der Waals surface area contributed by atoms with Crippen LogP contribution in [0.4, 0.5) is 0 Å². The van der Waals surface area contributed by atoms with Gasteiger partial charge in [0, 0.05) is 26.1 Å². The van der Waals surface area contributed by atoms with E-state index < -0.39 is 0 Å². The summed E-state index contributed by atoms with van der Waals surface area (Å²) in [5.41, 5.74) is 2.51. The predicted octanol–water partition coefficient (Wildman–Crippen LogP) is 7.11. The highest BCUT2D eigenvalue weighted by Crippen LogP contribution is 2.26. The summed E-state index contributed by atoms with van der Waals surface area (Å²) in [7, 11) is 0. The highest BCUT2D eigenvalue weighted by molar-refractivity contribution is 9.10. The van der Waals surface area contributed by atoms with Gasteiger partial charge in [-0.1, -0.05) is 57.3 Å². The van der Waals surface area contributed by atoms with Gasteiger partial charge in [-0.15, -0.1) is 0 Å². The van der Waals surface area contributed by atoms with Gasteiger partial charge in [-0.25, -0.2) is 0 Å². The number of rotatable bonds is 4. The van der Waals surface area contributed by atoms with Crippen molar-refractivity contribution < 1.29 is 9.15 Å². The Labute approximate surface area is 179 Å². The maximum Gasteiger partial charge on any atom is 0.200 e. The molecule has 0 N–H and O–H groups in total. The topological polar surface area (TPSA) is 39.4 Å². The van der Waals surface area contributed by atoms with E-state index >= 15 is 0 Å². The lowest BCUT2D eigenvalue weighted by Gasteiger charge is -2.09. The Morgan fingerprint density at radius 2 is 1.75 bits per heavy atom. The Morgan fingerprint density at radius 1 is 0.964 bits per heavy atom. The second kappa shape index (κ2) is 8.00. The molecule has 3 aromatic carbocycles. The second-order valence-corrected chi connectivity index (χ2v) is 7.93. The van der Waals surface area contributed by atoms with Crippen molar-refractivity contribution in [2.45, 2.75) is 6.61 Å². The molecule has 0 aliphatic carbocycles. The molecule has 6 heteroatoms. The third kappa shape index (κ3) is 3.95. The van der Waals surface area contributed by atoms with E-state index in [0.717, 1.165) is 15.6 Å². The highest BCUT2D eigenvalue weighted by Gasteiger charge is 2.11. The zero-order chi connectivity index (χ0) is 19.7. The van der Waals surface area contributed by atoms with E-state index in [1.807, 2.05) is 30.3 Å². The largest absolute Gasteiger partial charge is 0.489 e. The zero-order valence-electron chi connectivity index (χ0n) is 14.4. The monoisotopic (exact) mass is 474 g/mol. The maximum absolute atomic E-state index is 12.8. The molecule has 1 heterocycles. The molecule has 0 atom stereocenters. The first-order valence-electron chi connectivity index (χ1n) is 8.39. The van der Waals surface area contributed by atoms with Crippen LogP contribution in [0, 0.1) is 0 Å². The summed E-state index contributed by atoms with van der Waals surface area (Å²) in [5, 5.41) is 1.61. The van der Waals surface area contributed by atoms with Crippen molar-refractivity contribution >= 4 is 50.1 Å². The Balaban J connectivity index is 1.62. The number of ether oxygens (including phenoxy) is 1. The van der Waals surface area contributed by atoms with Gasteiger partial charge >= 0.3 is 0 Å². The molecule has 0 bridgehead atoms. The van der Waals surface area contributed by atoms with Gasteiger partial charge in [0.15, 0.2) is 5.43 Å². The Hall–Kier alpha value is -2.27. The number of hydrogen-bond donors (Lipinski definition) is 0. The molecule has 3 nitrogen and oxygen atoms in total. The Bertz CT molecular complexity index is 1220. The van der Waals surface area contributed by atoms with Crippen molar-refractivity contribution in [3.05, 3.63) is 97.2 Å². The summed E-state index contributed by atoms with van der Waals surface area (Å²) in [6, 6.07) is 17.9. The molecule has 0 aliphatic rings. The third-order valence-corrected chi connectivity index (χ3v) is 5.43. The maximum atomic E-state index is 12.8. The average Bonchev–Trinajstić information content (AvgIpc) is 2.68. The minimum absolute atomic E-state index is 0.0872. The minimum Gasteiger partial charge on any atom is -0.489 e. The van der Waals surface area contributed by atoms with Gasteiger partial charge in [-0.3, -0.25) is 4.79 Å². The van der Waals surface area contributed by atoms with Crippen LogP contribution < -0.4 is 10.2 Å². The first-order valence-corrected chi connectivity index (χ1v) is 9.94. The highest BCUT2D eigenvalue weighted by atomic mass is 79.9. The summed E-state index contributed by atoms with van der Waals surface area (Å²) in [4.78, 5) is 12.8. The Kier molecular flexibility index (Phi) is 5.44. The molecule has 1 aromatic heterocycles. The lowest BCUT2D eigenvalue weighted by Crippen LogP contribution is -2.05. The smallest absolute Gasteiger partial charge is 0.200 e. The van der Waals surface area contributed by atoms with Crippen LogP contribution in [0.15, 0.2) is 80.6 Å². The molecule has 28 heavy (non-hydrogen) atoms. The van der Waals surface area contributed by atoms with Gasteiger partial charge in [0.25, 0.3) is 0 Å². The molecule has 0 radical (unpaired) electrons. The number of halogens is 3. The van der Waals surface area contributed by atoms with E-state index in [1.54, 1.807) is 30.3 Å². The average molecular weight is 476 g/mol. The van der Waals surface area contributed by atoms with Gasteiger partial charge in [0.2, 0.25) is 0 Å². The normalized spacial score (nSPS) is 11.0. The fourth-order valence-electron chi connectivity index (χ4n) is 2.83. The van der Waals surface area contributed by atoms with Crippen molar-refractivity contribution in [3.8, 4) is 16.9 Å². The van der Waals surface area contributed by atoms with Crippen LogP contribution in [-0.2, 0) is 6.61 Å². The zero-order valence-corrected chi connectivity index (χ0v) is 17.5. The van der Waals surface area contributed by atoms with Crippen LogP contribution >= 0.6 is 39.1 Å². The first-order chi connectivity index (χ1) is 13.5. The second-order valence-electron chi connectivity index (χ2n) is 6.17. The molecule has 0 fully saturated rings. The van der Waals surface area contributed by atoms with Gasteiger partial charge in [-0.2, -0.15) is 0 Å². The molecule has 4 aromatic rings. The lowest BCUT2D eigenvalue weighted by atomic mass is 10.1. The van der Waals surface area contributed by atoms with Crippen LogP contribution in [0.3, 0.4) is 0 Å². The van der Waals surface area contributed by atoms with Gasteiger partial charge in [0.1, 0.15) is 24.2 Å². The molecule has 0 saturated heterocycles. The van der Waals surface area contributed by atoms with Crippen molar-refractivity contribution in [2.75, 3.05) is 0 Å². The van der Waals surface area contributed by atoms with Crippen LogP contribution in [0.25, 0.3) is 22.1 Å². The quantitative estimate of drug-likeness (QED) is 0.315. The molecule has 4 rings (SSSR count). The molecule has 0 unspecified atom stereocenters. The number of fused-ring (bicyclic) bond motifs is 1. The van der Waals surface area contributed by atoms with Gasteiger partial charge < -0.3 is 9.15 Å². The standard InChI is InChI=1S/C22H13BrCl2O3/c23-15-4-1-13(2-5-15)19-12-28-21-10-17(7-8-18(21)22(19)26)27-11-14-3-6-16(24)9-20(14)25/h1-10,12H,11H2. The van der Waals surface area contributed by atoms with Crippen molar-refractivity contribution in [1.29, 1.82) is 0 Å². The summed E-state index contributed by atoms with van der Waals surface area (Å²) < 4.78 is 12.4. The fourth-order valence-corrected chi connectivity index (χ4v) is 3.55. The van der Waals surface area contributed by atoms with E-state index in [9.17, 15) is 4.79 Å². The Morgan fingerprint density at radius 3 is 2.50 bits per heavy atom. The SMILES string of the molecule is O=c1c(-c2ccc(Br)cc2)coc2cc(OCc3ccc(Cl)cc3Cl)ccc12. The van der Waals surface area contributed by atoms with E-state index in [4.69, 9.17) is 32.4 Å². The number of hydrogen-bond acceptors (Lipinski definition) is 3. The fraction of sp³-hybridized carbons (Fsp3) is 0.0455. The minimum atomic E-state index is -0.0872. The first kappa shape index (κ1) is 19.1. The van der Waals surface area contributed by atoms with Crippen LogP contribution in [0.5, 0.6) is 5.75 Å². The van der Waals surface area contributed by atoms with E-state index in [-0.39, 0.29) is 12.0 Å². The molecule has 0 spiro atoms. The summed E-state index contributed by atoms with van der Waals surface area (Å²) in [6.07, 6.45) is 1.48. The molecule has 0 amide bonds. The molecular formula is C22H13BrCl2O3. The van der Waals surface area contributed by atoms with Crippen molar-refractivity contribution in [1.82, 2.24) is 0 Å². The number of benzene rings is 3. The third-order valence-electron chi connectivity index (χ3n) is 4.31. The lowest BCUT2D eigenvalue weighted by molar-refractivity contribution is 0.306. The molecular weight excluding hydrogens is 463 g/mol. The van der Waals surface area contributed by atoms with Gasteiger partial charge in [0.05, 0.1) is 10.9 Å². The van der Waals surface area contributed by atoms with Gasteiger partial charge in [-0.05, 0) is 42.0 Å². The van der Waals surface area contributed by atoms with E-state index in [1.165, 1.54) is 6.26 Å². The van der Waals surface area contributed by atoms with Crippen molar-refractivity contribution in [2.24, 2.45) is 0 Å². The summed E-state index contributed by atoms with van der Waals surface area (Å²) in [6.45, 7) is 0.280. The predicted molar refractivity (Wildman–Crippen MR) is 116 cm³/mol. The van der Waals surface area contributed by atoms with E-state index in [2.05, 4.69) is 15.9 Å². The molecule has 140 valence electrons.